The molecule has 0 amide bonds. The highest BCUT2D eigenvalue weighted by molar-refractivity contribution is 5.41. The van der Waals surface area contributed by atoms with Gasteiger partial charge in [0.05, 0.1) is 25.9 Å². The Morgan fingerprint density at radius 2 is 1.62 bits per heavy atom. The molecule has 3 aromatic carbocycles. The fourth-order valence-corrected chi connectivity index (χ4v) is 6.11. The highest BCUT2D eigenvalue weighted by Crippen LogP contribution is 2.39. The number of nitrogens with zero attached hydrogens (tertiary/aromatic N) is 2. The highest BCUT2D eigenvalue weighted by atomic mass is 19.1. The minimum absolute atomic E-state index is 0.138. The van der Waals surface area contributed by atoms with Crippen LogP contribution in [-0.2, 0) is 23.5 Å². The lowest BCUT2D eigenvalue weighted by atomic mass is 9.83. The van der Waals surface area contributed by atoms with Gasteiger partial charge in [-0.15, -0.1) is 0 Å². The van der Waals surface area contributed by atoms with Gasteiger partial charge in [-0.25, -0.2) is 9.37 Å². The summed E-state index contributed by atoms with van der Waals surface area (Å²) in [6, 6.07) is 25.7. The van der Waals surface area contributed by atoms with Crippen molar-refractivity contribution in [1.82, 2.24) is 4.98 Å². The number of halogens is 1. The van der Waals surface area contributed by atoms with E-state index >= 15 is 0 Å². The first-order valence-corrected chi connectivity index (χ1v) is 13.0. The number of ether oxygens (including phenoxy) is 1. The summed E-state index contributed by atoms with van der Waals surface area (Å²) in [4.78, 5) is 4.59. The van der Waals surface area contributed by atoms with Crippen LogP contribution in [0.5, 0.6) is 0 Å². The molecule has 6 heteroatoms. The highest BCUT2D eigenvalue weighted by Gasteiger charge is 2.47. The maximum Gasteiger partial charge on any atom is 0.236 e. The van der Waals surface area contributed by atoms with E-state index in [0.717, 1.165) is 48.3 Å². The topological polar surface area (TPSA) is 55.5 Å². The summed E-state index contributed by atoms with van der Waals surface area (Å²) >= 11 is 0. The van der Waals surface area contributed by atoms with E-state index in [1.807, 2.05) is 66.7 Å². The Bertz CT molecular complexity index is 1290. The van der Waals surface area contributed by atoms with Crippen molar-refractivity contribution in [2.75, 3.05) is 19.6 Å². The first-order chi connectivity index (χ1) is 18.0. The van der Waals surface area contributed by atoms with Gasteiger partial charge >= 0.3 is 0 Å². The Morgan fingerprint density at radius 3 is 2.27 bits per heavy atom. The number of hydrogen-bond acceptors (Lipinski definition) is 4. The molecule has 190 valence electrons. The average molecular weight is 500 g/mol. The smallest absolute Gasteiger partial charge is 0.236 e. The van der Waals surface area contributed by atoms with Crippen molar-refractivity contribution in [2.24, 2.45) is 5.92 Å². The van der Waals surface area contributed by atoms with Crippen LogP contribution in [0.2, 0.25) is 0 Å². The normalized spacial score (nSPS) is 23.3. The van der Waals surface area contributed by atoms with Crippen LogP contribution in [0.1, 0.15) is 41.2 Å². The molecule has 0 saturated carbocycles. The van der Waals surface area contributed by atoms with Gasteiger partial charge in [-0.3, -0.25) is 0 Å². The number of aromatic nitrogens is 1. The maximum atomic E-state index is 13.6. The van der Waals surface area contributed by atoms with Crippen LogP contribution < -0.4 is 0 Å². The number of quaternary nitrogens is 1. The van der Waals surface area contributed by atoms with Gasteiger partial charge < -0.3 is 18.7 Å². The lowest BCUT2D eigenvalue weighted by Crippen LogP contribution is -2.63. The maximum absolute atomic E-state index is 13.6. The minimum Gasteiger partial charge on any atom is -0.436 e. The molecule has 4 aromatic rings. The van der Waals surface area contributed by atoms with E-state index < -0.39 is 5.60 Å². The number of aliphatic hydroxyl groups is 1. The molecule has 0 aliphatic carbocycles. The Labute approximate surface area is 216 Å². The molecule has 1 unspecified atom stereocenters. The first-order valence-electron chi connectivity index (χ1n) is 13.0. The number of oxazole rings is 1. The first kappa shape index (κ1) is 24.0. The molecular formula is C31H32FN2O3+. The van der Waals surface area contributed by atoms with E-state index in [1.165, 1.54) is 6.07 Å². The molecule has 0 spiro atoms. The van der Waals surface area contributed by atoms with Crippen LogP contribution in [0.3, 0.4) is 0 Å². The second-order valence-electron chi connectivity index (χ2n) is 10.5. The van der Waals surface area contributed by atoms with E-state index in [2.05, 4.69) is 4.98 Å². The molecule has 3 aliphatic rings. The molecule has 37 heavy (non-hydrogen) atoms. The largest absolute Gasteiger partial charge is 0.436 e. The Balaban J connectivity index is 1.22. The van der Waals surface area contributed by atoms with Gasteiger partial charge in [0.1, 0.15) is 25.0 Å². The van der Waals surface area contributed by atoms with Gasteiger partial charge in [0, 0.05) is 18.8 Å². The van der Waals surface area contributed by atoms with E-state index in [0.29, 0.717) is 30.2 Å². The van der Waals surface area contributed by atoms with Crippen LogP contribution >= 0.6 is 0 Å². The molecule has 7 rings (SSSR count). The van der Waals surface area contributed by atoms with Crippen LogP contribution in [0.15, 0.2) is 95.5 Å². The second-order valence-corrected chi connectivity index (χ2v) is 10.5. The molecule has 3 aliphatic heterocycles. The molecule has 1 atom stereocenters. The average Bonchev–Trinajstić information content (AvgIpc) is 3.41. The summed E-state index contributed by atoms with van der Waals surface area (Å²) in [6.45, 7) is 4.17. The standard InChI is InChI=1S/C31H32FN2O3/c32-27-13-7-8-23(18-27)22-36-29-21-34(16-14-24(29)15-17-34)20-28-19-33-30(37-28)31(35,25-9-3-1-4-10-25)26-11-5-2-6-12-26/h1-13,18-19,24,29,35H,14-17,20-22H2/q+1. The van der Waals surface area contributed by atoms with Gasteiger partial charge in [0.25, 0.3) is 0 Å². The third kappa shape index (κ3) is 4.73. The summed E-state index contributed by atoms with van der Waals surface area (Å²) in [7, 11) is 0. The van der Waals surface area contributed by atoms with Crippen LogP contribution in [-0.4, -0.2) is 40.3 Å². The Hall–Kier alpha value is -3.32. The van der Waals surface area contributed by atoms with Crippen molar-refractivity contribution in [3.8, 4) is 0 Å². The molecule has 1 aromatic heterocycles. The fourth-order valence-electron chi connectivity index (χ4n) is 6.11. The molecule has 3 saturated heterocycles. The summed E-state index contributed by atoms with van der Waals surface area (Å²) in [5.74, 6) is 1.36. The summed E-state index contributed by atoms with van der Waals surface area (Å²) in [6.07, 6.45) is 4.11. The van der Waals surface area contributed by atoms with Gasteiger partial charge in [0.15, 0.2) is 11.4 Å². The third-order valence-corrected chi connectivity index (χ3v) is 8.13. The summed E-state index contributed by atoms with van der Waals surface area (Å²) in [5.41, 5.74) is 0.813. The second kappa shape index (κ2) is 9.86. The molecule has 0 radical (unpaired) electrons. The zero-order chi connectivity index (χ0) is 25.3. The molecule has 5 nitrogen and oxygen atoms in total. The molecule has 3 fully saturated rings. The van der Waals surface area contributed by atoms with E-state index in [9.17, 15) is 9.50 Å². The SMILES string of the molecule is OC(c1ccccc1)(c1ccccc1)c1ncc(C[N+]23CCC(CC2)C(OCc2cccc(F)c2)C3)o1. The van der Waals surface area contributed by atoms with Crippen LogP contribution in [0.4, 0.5) is 4.39 Å². The van der Waals surface area contributed by atoms with Crippen molar-refractivity contribution < 1.29 is 23.1 Å². The lowest BCUT2D eigenvalue weighted by Gasteiger charge is -2.52. The molecule has 4 heterocycles. The number of piperidine rings is 3. The predicted molar refractivity (Wildman–Crippen MR) is 138 cm³/mol. The number of rotatable bonds is 8. The van der Waals surface area contributed by atoms with Crippen molar-refractivity contribution in [2.45, 2.75) is 37.7 Å². The van der Waals surface area contributed by atoms with Crippen LogP contribution in [0.25, 0.3) is 0 Å². The summed E-state index contributed by atoms with van der Waals surface area (Å²) < 4.78 is 27.1. The number of benzene rings is 3. The molecule has 2 bridgehead atoms. The predicted octanol–water partition coefficient (Wildman–Crippen LogP) is 5.42. The quantitative estimate of drug-likeness (QED) is 0.329. The zero-order valence-electron chi connectivity index (χ0n) is 20.8. The number of hydrogen-bond donors (Lipinski definition) is 1. The zero-order valence-corrected chi connectivity index (χ0v) is 20.8. The number of fused-ring (bicyclic) bond motifs is 3. The van der Waals surface area contributed by atoms with Gasteiger partial charge in [-0.2, -0.15) is 0 Å². The van der Waals surface area contributed by atoms with Crippen LogP contribution in [0, 0.1) is 11.7 Å². The monoisotopic (exact) mass is 499 g/mol. The van der Waals surface area contributed by atoms with E-state index in [-0.39, 0.29) is 17.8 Å². The van der Waals surface area contributed by atoms with Crippen molar-refractivity contribution in [3.05, 3.63) is 125 Å². The van der Waals surface area contributed by atoms with E-state index in [1.54, 1.807) is 18.3 Å². The summed E-state index contributed by atoms with van der Waals surface area (Å²) in [5, 5.41) is 12.0. The van der Waals surface area contributed by atoms with E-state index in [4.69, 9.17) is 9.15 Å². The lowest BCUT2D eigenvalue weighted by molar-refractivity contribution is -0.959. The molecular weight excluding hydrogens is 467 g/mol. The van der Waals surface area contributed by atoms with Crippen molar-refractivity contribution in [1.29, 1.82) is 0 Å². The van der Waals surface area contributed by atoms with Gasteiger partial charge in [-0.05, 0) is 28.8 Å². The van der Waals surface area contributed by atoms with Gasteiger partial charge in [0.2, 0.25) is 5.89 Å². The Morgan fingerprint density at radius 1 is 0.946 bits per heavy atom. The molecule has 1 N–H and O–H groups in total. The van der Waals surface area contributed by atoms with Gasteiger partial charge in [-0.1, -0.05) is 72.8 Å². The Kier molecular flexibility index (Phi) is 6.41. The fraction of sp³-hybridized carbons (Fsp3) is 0.323. The van der Waals surface area contributed by atoms with Crippen molar-refractivity contribution in [3.63, 3.8) is 0 Å². The third-order valence-electron chi connectivity index (χ3n) is 8.13. The van der Waals surface area contributed by atoms with Crippen molar-refractivity contribution >= 4 is 0 Å². The minimum atomic E-state index is -1.48.